The predicted molar refractivity (Wildman–Crippen MR) is 191 cm³/mol. The minimum Gasteiger partial charge on any atom is -0.857 e. The maximum absolute atomic E-state index is 13.5. The second-order valence-corrected chi connectivity index (χ2v) is 13.9. The maximum Gasteiger partial charge on any atom is 1.00 e. The van der Waals surface area contributed by atoms with Crippen LogP contribution in [0.5, 0.6) is 11.8 Å². The van der Waals surface area contributed by atoms with Crippen molar-refractivity contribution >= 4 is 107 Å². The van der Waals surface area contributed by atoms with Gasteiger partial charge in [-0.25, -0.2) is 4.98 Å². The Bertz CT molecular complexity index is 1650. The van der Waals surface area contributed by atoms with Crippen LogP contribution in [0.3, 0.4) is 0 Å². The average molecular weight is 870 g/mol. The third kappa shape index (κ3) is 14.8. The van der Waals surface area contributed by atoms with E-state index in [0.717, 1.165) is 23.1 Å². The molecule has 2 aromatic heterocycles. The fraction of sp³-hybridized carbons (Fsp3) is 0.200. The van der Waals surface area contributed by atoms with E-state index in [1.807, 2.05) is 67.6 Å². The average Bonchev–Trinajstić information content (AvgIpc) is 3.07. The summed E-state index contributed by atoms with van der Waals surface area (Å²) in [5, 5.41) is 9.27. The number of nitrogen functional groups attached to an aromatic ring is 2. The molecule has 0 aliphatic heterocycles. The molecule has 0 saturated heterocycles. The fourth-order valence-electron chi connectivity index (χ4n) is 3.00. The van der Waals surface area contributed by atoms with Crippen LogP contribution in [0, 0.1) is 11.9 Å². The molecule has 48 heavy (non-hydrogen) atoms. The fourth-order valence-corrected chi connectivity index (χ4v) is 5.60. The molecular formula is C30H26BrCl4F2KN4O4S2. The summed E-state index contributed by atoms with van der Waals surface area (Å²) in [6, 6.07) is 19.5. The normalized spacial score (nSPS) is 11.4. The first kappa shape index (κ1) is 45.1. The van der Waals surface area contributed by atoms with Crippen LogP contribution in [0.15, 0.2) is 60.7 Å². The Morgan fingerprint density at radius 2 is 1.21 bits per heavy atom. The molecule has 18 heteroatoms. The molecule has 8 nitrogen and oxygen atoms in total. The molecule has 0 spiro atoms. The predicted octanol–water partition coefficient (Wildman–Crippen LogP) is 5.75. The number of aromatic nitrogens is 2. The van der Waals surface area contributed by atoms with Crippen molar-refractivity contribution in [2.75, 3.05) is 11.5 Å². The van der Waals surface area contributed by atoms with E-state index in [4.69, 9.17) is 62.6 Å². The first-order valence-corrected chi connectivity index (χ1v) is 17.5. The zero-order chi connectivity index (χ0) is 35.3. The molecule has 0 aliphatic rings. The molecule has 0 aliphatic carbocycles. The van der Waals surface area contributed by atoms with Gasteiger partial charge in [-0.3, -0.25) is 9.59 Å². The van der Waals surface area contributed by atoms with Crippen molar-refractivity contribution < 1.29 is 79.6 Å². The minimum absolute atomic E-state index is 0. The first-order valence-electron chi connectivity index (χ1n) is 13.1. The topological polar surface area (TPSA) is 144 Å². The summed E-state index contributed by atoms with van der Waals surface area (Å²) in [6.45, 7) is 3.38. The molecule has 2 atom stereocenters. The van der Waals surface area contributed by atoms with Gasteiger partial charge in [-0.15, -0.1) is 0 Å². The van der Waals surface area contributed by atoms with Gasteiger partial charge in [0.2, 0.25) is 28.0 Å². The number of nitrogens with zero attached hydrogens (tertiary/aromatic N) is 2. The van der Waals surface area contributed by atoms with E-state index in [1.54, 1.807) is 0 Å². The number of hydrogen-bond donors (Lipinski definition) is 2. The molecule has 0 saturated carbocycles. The number of pyridine rings is 2. The van der Waals surface area contributed by atoms with E-state index >= 15 is 0 Å². The number of benzene rings is 2. The summed E-state index contributed by atoms with van der Waals surface area (Å²) in [5.74, 6) is -2.00. The van der Waals surface area contributed by atoms with Crippen LogP contribution in [0.2, 0.25) is 20.1 Å². The van der Waals surface area contributed by atoms with E-state index in [1.165, 1.54) is 24.2 Å². The molecule has 0 amide bonds. The van der Waals surface area contributed by atoms with Gasteiger partial charge in [0.25, 0.3) is 0 Å². The third-order valence-electron chi connectivity index (χ3n) is 5.48. The molecular weight excluding hydrogens is 843 g/mol. The van der Waals surface area contributed by atoms with E-state index in [0.29, 0.717) is 5.75 Å². The Morgan fingerprint density at radius 1 is 0.792 bits per heavy atom. The SMILES string of the molecule is CC(Br)C(=O)SCc1ccccc1.CC(Oc1nc(F)c(Cl)c(N)c1Cl)C(=O)SCc1ccccc1.Nc1c(Cl)c([O-])nc(F)c1Cl.[K+]. The largest absolute Gasteiger partial charge is 1.00 e. The first-order chi connectivity index (χ1) is 22.1. The van der Waals surface area contributed by atoms with Crippen LogP contribution < -0.4 is 72.7 Å². The van der Waals surface area contributed by atoms with Gasteiger partial charge in [0.15, 0.2) is 6.10 Å². The molecule has 2 heterocycles. The summed E-state index contributed by atoms with van der Waals surface area (Å²) in [7, 11) is 0. The minimum atomic E-state index is -1.10. The van der Waals surface area contributed by atoms with Gasteiger partial charge < -0.3 is 21.3 Å². The van der Waals surface area contributed by atoms with Crippen LogP contribution in [-0.4, -0.2) is 31.1 Å². The number of hydrogen-bond acceptors (Lipinski definition) is 10. The van der Waals surface area contributed by atoms with E-state index in [2.05, 4.69) is 25.9 Å². The van der Waals surface area contributed by atoms with Crippen LogP contribution in [-0.2, 0) is 21.1 Å². The number of nitrogens with two attached hydrogens (primary N) is 2. The van der Waals surface area contributed by atoms with Gasteiger partial charge in [0.1, 0.15) is 15.1 Å². The number of anilines is 2. The van der Waals surface area contributed by atoms with Crippen molar-refractivity contribution in [3.05, 3.63) is 104 Å². The van der Waals surface area contributed by atoms with Gasteiger partial charge >= 0.3 is 51.4 Å². The summed E-state index contributed by atoms with van der Waals surface area (Å²) in [4.78, 5) is 29.6. The quantitative estimate of drug-likeness (QED) is 0.128. The molecule has 252 valence electrons. The summed E-state index contributed by atoms with van der Waals surface area (Å²) in [5.41, 5.74) is 12.4. The molecule has 2 aromatic carbocycles. The van der Waals surface area contributed by atoms with Gasteiger partial charge in [0.05, 0.1) is 21.2 Å². The number of carbonyl (C=O) groups is 2. The number of ether oxygens (including phenoxy) is 1. The number of alkyl halides is 1. The summed E-state index contributed by atoms with van der Waals surface area (Å²) < 4.78 is 31.2. The number of halogens is 7. The monoisotopic (exact) mass is 866 g/mol. The Labute approximate surface area is 355 Å². The van der Waals surface area contributed by atoms with Gasteiger partial charge in [-0.2, -0.15) is 13.8 Å². The second-order valence-electron chi connectivity index (χ2n) is 9.06. The second kappa shape index (κ2) is 22.8. The Hall–Kier alpha value is -0.884. The molecule has 0 bridgehead atoms. The van der Waals surface area contributed by atoms with E-state index < -0.39 is 28.9 Å². The van der Waals surface area contributed by atoms with Gasteiger partial charge in [0, 0.05) is 17.4 Å². The maximum atomic E-state index is 13.5. The van der Waals surface area contributed by atoms with Crippen LogP contribution in [0.1, 0.15) is 25.0 Å². The molecule has 4 N–H and O–H groups in total. The zero-order valence-electron chi connectivity index (χ0n) is 25.5. The summed E-state index contributed by atoms with van der Waals surface area (Å²) in [6.07, 6.45) is -0.867. The van der Waals surface area contributed by atoms with Crippen molar-refractivity contribution in [3.63, 3.8) is 0 Å². The number of carbonyl (C=O) groups excluding carboxylic acids is 2. The Morgan fingerprint density at radius 3 is 1.67 bits per heavy atom. The van der Waals surface area contributed by atoms with E-state index in [9.17, 15) is 23.5 Å². The Balaban J connectivity index is 0.000000391. The van der Waals surface area contributed by atoms with Crippen LogP contribution in [0.25, 0.3) is 0 Å². The molecule has 0 radical (unpaired) electrons. The van der Waals surface area contributed by atoms with Crippen molar-refractivity contribution in [2.45, 2.75) is 36.3 Å². The van der Waals surface area contributed by atoms with Crippen LogP contribution >= 0.6 is 85.9 Å². The van der Waals surface area contributed by atoms with Crippen molar-refractivity contribution in [2.24, 2.45) is 0 Å². The molecule has 4 rings (SSSR count). The molecule has 4 aromatic rings. The Kier molecular flexibility index (Phi) is 21.5. The van der Waals surface area contributed by atoms with Crippen LogP contribution in [0.4, 0.5) is 20.2 Å². The van der Waals surface area contributed by atoms with Gasteiger partial charge in [-0.05, 0) is 25.0 Å². The van der Waals surface area contributed by atoms with Crippen molar-refractivity contribution in [1.82, 2.24) is 9.97 Å². The zero-order valence-corrected chi connectivity index (χ0v) is 34.9. The molecule has 0 fully saturated rings. The standard InChI is InChI=1S/C15H13Cl2FN2O2S.C10H11BrOS.C5H3Cl2FN2O.K/c1-8(15(21)23-7-9-5-3-2-4-6-9)22-14-11(17)12(19)10(16)13(18)20-14;1-8(11)10(12)13-7-9-5-3-2-4-6-9;6-1-3(9)2(7)5(11)10-4(1)8;/h2-6,8H,7H2,1H3,(H2,19,20);2-6,8H,7H2,1H3;(H3,9,10,11);/q;;;+1/p-1. The van der Waals surface area contributed by atoms with Crippen molar-refractivity contribution in [3.8, 4) is 11.8 Å². The molecule has 2 unspecified atom stereocenters. The van der Waals surface area contributed by atoms with E-state index in [-0.39, 0.29) is 98.8 Å². The smallest absolute Gasteiger partial charge is 0.857 e. The summed E-state index contributed by atoms with van der Waals surface area (Å²) >= 11 is 27.8. The van der Waals surface area contributed by atoms with Gasteiger partial charge in [-0.1, -0.05) is 147 Å². The number of thioether (sulfide) groups is 2. The van der Waals surface area contributed by atoms with Crippen molar-refractivity contribution in [1.29, 1.82) is 0 Å². The third-order valence-corrected chi connectivity index (χ3v) is 9.85. The number of rotatable bonds is 8.